The third-order valence-electron chi connectivity index (χ3n) is 0.776. The van der Waals surface area contributed by atoms with E-state index in [0.717, 1.165) is 0 Å². The van der Waals surface area contributed by atoms with E-state index in [-0.39, 0.29) is 0 Å². The van der Waals surface area contributed by atoms with Crippen molar-refractivity contribution in [3.05, 3.63) is 0 Å². The second-order valence-corrected chi connectivity index (χ2v) is 1.92. The summed E-state index contributed by atoms with van der Waals surface area (Å²) < 4.78 is 102. The minimum atomic E-state index is -6.19. The van der Waals surface area contributed by atoms with Crippen LogP contribution in [0, 0.1) is 0 Å². The lowest BCUT2D eigenvalue weighted by Gasteiger charge is -2.13. The summed E-state index contributed by atoms with van der Waals surface area (Å²) in [5, 5.41) is 0. The van der Waals surface area contributed by atoms with E-state index in [1.165, 1.54) is 0 Å². The van der Waals surface area contributed by atoms with Crippen LogP contribution >= 0.6 is 0 Å². The molecule has 0 aliphatic rings. The van der Waals surface area contributed by atoms with E-state index >= 15 is 0 Å². The molecule has 0 atom stereocenters. The molecule has 0 aromatic rings. The Labute approximate surface area is 70.2 Å². The van der Waals surface area contributed by atoms with Crippen molar-refractivity contribution in [1.82, 2.24) is 0 Å². The number of alkyl halides is 9. The molecule has 0 unspecified atom stereocenters. The molecule has 0 bridgehead atoms. The summed E-state index contributed by atoms with van der Waals surface area (Å²) in [6.07, 6.45) is -18.3. The predicted octanol–water partition coefficient (Wildman–Crippen LogP) is 3.07. The molecular weight excluding hydrogens is 233 g/mol. The predicted molar refractivity (Wildman–Crippen MR) is 25.6 cm³/mol. The minimum Gasteiger partial charge on any atom is -0.174 e. The highest BCUT2D eigenvalue weighted by Crippen LogP contribution is 2.33. The smallest absolute Gasteiger partial charge is 0.174 e. The normalized spacial score (nSPS) is 14.1. The molecule has 0 amide bonds. The van der Waals surface area contributed by atoms with Gasteiger partial charge in [0, 0.05) is 0 Å². The molecule has 84 valence electrons. The fourth-order valence-corrected chi connectivity index (χ4v) is 0.414. The Morgan fingerprint density at radius 3 is 1.00 bits per heavy atom. The fourth-order valence-electron chi connectivity index (χ4n) is 0.414. The summed E-state index contributed by atoms with van der Waals surface area (Å²) in [5.74, 6) is 0. The van der Waals surface area contributed by atoms with Gasteiger partial charge in [-0.05, 0) is 0 Å². The Kier molecular flexibility index (Phi) is 3.09. The molecule has 0 rings (SSSR count). The highest BCUT2D eigenvalue weighted by Gasteiger charge is 2.55. The zero-order chi connectivity index (χ0) is 11.8. The van der Waals surface area contributed by atoms with Crippen molar-refractivity contribution in [2.24, 2.45) is 4.99 Å². The molecule has 0 saturated carbocycles. The molecule has 10 heteroatoms. The van der Waals surface area contributed by atoms with Crippen LogP contribution in [0.1, 0.15) is 0 Å². The standard InChI is InChI=1S/C4F9N/c5-2(6,7)1(3(8,9)10)14-4(11,12)13. The van der Waals surface area contributed by atoms with Crippen molar-refractivity contribution < 1.29 is 39.5 Å². The monoisotopic (exact) mass is 233 g/mol. The summed E-state index contributed by atoms with van der Waals surface area (Å²) in [4.78, 5) is 0.618. The SMILES string of the molecule is FC(F)(F)N=C(C(F)(F)F)C(F)(F)F. The van der Waals surface area contributed by atoms with Gasteiger partial charge in [0.2, 0.25) is 5.71 Å². The van der Waals surface area contributed by atoms with Gasteiger partial charge >= 0.3 is 18.7 Å². The summed E-state index contributed by atoms with van der Waals surface area (Å²) in [6, 6.07) is 0. The van der Waals surface area contributed by atoms with Crippen LogP contribution in [0.2, 0.25) is 0 Å². The third kappa shape index (κ3) is 4.33. The number of hydrogen-bond acceptors (Lipinski definition) is 1. The Hall–Kier alpha value is -0.960. The van der Waals surface area contributed by atoms with Crippen LogP contribution in [0.15, 0.2) is 4.99 Å². The second kappa shape index (κ2) is 3.31. The molecule has 0 fully saturated rings. The topological polar surface area (TPSA) is 12.4 Å². The van der Waals surface area contributed by atoms with Gasteiger partial charge in [-0.25, -0.2) is 0 Å². The van der Waals surface area contributed by atoms with Crippen LogP contribution in [-0.4, -0.2) is 24.4 Å². The summed E-state index contributed by atoms with van der Waals surface area (Å²) in [6.45, 7) is 0. The van der Waals surface area contributed by atoms with Crippen LogP contribution in [0.4, 0.5) is 39.5 Å². The fraction of sp³-hybridized carbons (Fsp3) is 0.750. The summed E-state index contributed by atoms with van der Waals surface area (Å²) in [5.41, 5.74) is -3.82. The molecule has 0 aliphatic carbocycles. The number of hydrogen-bond donors (Lipinski definition) is 0. The first kappa shape index (κ1) is 13.0. The lowest BCUT2D eigenvalue weighted by atomic mass is 10.3. The largest absolute Gasteiger partial charge is 0.503 e. The minimum absolute atomic E-state index is 0.618. The van der Waals surface area contributed by atoms with Crippen LogP contribution in [-0.2, 0) is 0 Å². The molecule has 0 spiro atoms. The van der Waals surface area contributed by atoms with E-state index < -0.39 is 24.4 Å². The first-order chi connectivity index (χ1) is 5.84. The Morgan fingerprint density at radius 1 is 0.643 bits per heavy atom. The molecule has 14 heavy (non-hydrogen) atoms. The first-order valence-corrected chi connectivity index (χ1v) is 2.65. The summed E-state index contributed by atoms with van der Waals surface area (Å²) >= 11 is 0. The molecule has 0 heterocycles. The average molecular weight is 233 g/mol. The molecule has 1 nitrogen and oxygen atoms in total. The molecule has 0 radical (unpaired) electrons. The number of nitrogens with zero attached hydrogens (tertiary/aromatic N) is 1. The Balaban J connectivity index is 5.26. The second-order valence-electron chi connectivity index (χ2n) is 1.92. The van der Waals surface area contributed by atoms with Crippen LogP contribution in [0.5, 0.6) is 0 Å². The van der Waals surface area contributed by atoms with Crippen molar-refractivity contribution in [1.29, 1.82) is 0 Å². The van der Waals surface area contributed by atoms with Gasteiger partial charge < -0.3 is 0 Å². The van der Waals surface area contributed by atoms with Crippen molar-refractivity contribution in [2.45, 2.75) is 18.7 Å². The summed E-state index contributed by atoms with van der Waals surface area (Å²) in [7, 11) is 0. The van der Waals surface area contributed by atoms with Gasteiger partial charge in [-0.3, -0.25) is 0 Å². The van der Waals surface area contributed by atoms with E-state index in [2.05, 4.69) is 0 Å². The molecule has 0 N–H and O–H groups in total. The zero-order valence-electron chi connectivity index (χ0n) is 5.85. The molecule has 0 saturated heterocycles. The van der Waals surface area contributed by atoms with Gasteiger partial charge in [-0.15, -0.1) is 13.2 Å². The van der Waals surface area contributed by atoms with Gasteiger partial charge in [0.1, 0.15) is 0 Å². The lowest BCUT2D eigenvalue weighted by Crippen LogP contribution is -2.38. The molecular formula is C4F9N. The highest BCUT2D eigenvalue weighted by atomic mass is 19.4. The third-order valence-corrected chi connectivity index (χ3v) is 0.776. The average Bonchev–Trinajstić information content (AvgIpc) is 1.75. The van der Waals surface area contributed by atoms with Gasteiger partial charge in [-0.2, -0.15) is 31.3 Å². The van der Waals surface area contributed by atoms with Gasteiger partial charge in [0.25, 0.3) is 0 Å². The maximum Gasteiger partial charge on any atom is 0.503 e. The molecule has 0 aromatic carbocycles. The number of halogens is 9. The maximum absolute atomic E-state index is 11.4. The Bertz CT molecular complexity index is 211. The molecule has 0 aromatic heterocycles. The van der Waals surface area contributed by atoms with Crippen molar-refractivity contribution in [3.8, 4) is 0 Å². The van der Waals surface area contributed by atoms with Crippen molar-refractivity contribution in [2.75, 3.05) is 0 Å². The number of aliphatic imine (C=N–C) groups is 1. The van der Waals surface area contributed by atoms with E-state index in [1.807, 2.05) is 0 Å². The van der Waals surface area contributed by atoms with E-state index in [9.17, 15) is 39.5 Å². The zero-order valence-corrected chi connectivity index (χ0v) is 5.85. The van der Waals surface area contributed by atoms with Crippen LogP contribution < -0.4 is 0 Å². The van der Waals surface area contributed by atoms with Gasteiger partial charge in [0.05, 0.1) is 0 Å². The lowest BCUT2D eigenvalue weighted by molar-refractivity contribution is -0.144. The van der Waals surface area contributed by atoms with E-state index in [1.54, 1.807) is 0 Å². The van der Waals surface area contributed by atoms with E-state index in [4.69, 9.17) is 0 Å². The first-order valence-electron chi connectivity index (χ1n) is 2.65. The van der Waals surface area contributed by atoms with E-state index in [0.29, 0.717) is 4.99 Å². The highest BCUT2D eigenvalue weighted by molar-refractivity contribution is 5.94. The Morgan fingerprint density at radius 2 is 0.929 bits per heavy atom. The maximum atomic E-state index is 11.4. The van der Waals surface area contributed by atoms with Crippen molar-refractivity contribution in [3.63, 3.8) is 0 Å². The quantitative estimate of drug-likeness (QED) is 0.346. The van der Waals surface area contributed by atoms with Crippen molar-refractivity contribution >= 4 is 5.71 Å². The van der Waals surface area contributed by atoms with Gasteiger partial charge in [0.15, 0.2) is 0 Å². The van der Waals surface area contributed by atoms with Crippen LogP contribution in [0.25, 0.3) is 0 Å². The number of rotatable bonds is 0. The molecule has 0 aliphatic heterocycles. The van der Waals surface area contributed by atoms with Crippen LogP contribution in [0.3, 0.4) is 0 Å². The van der Waals surface area contributed by atoms with Gasteiger partial charge in [-0.1, -0.05) is 0 Å².